The summed E-state index contributed by atoms with van der Waals surface area (Å²) in [5.41, 5.74) is 3.37. The second kappa shape index (κ2) is 9.24. The van der Waals surface area contributed by atoms with Crippen molar-refractivity contribution >= 4 is 32.8 Å². The van der Waals surface area contributed by atoms with E-state index in [4.69, 9.17) is 0 Å². The lowest BCUT2D eigenvalue weighted by Gasteiger charge is -1.83. The van der Waals surface area contributed by atoms with E-state index < -0.39 is 0 Å². The summed E-state index contributed by atoms with van der Waals surface area (Å²) in [6, 6.07) is 26.5. The summed E-state index contributed by atoms with van der Waals surface area (Å²) in [7, 11) is 0. The number of nitrogens with one attached hydrogen (secondary N) is 3. The average molecular weight is 368 g/mol. The van der Waals surface area contributed by atoms with Crippen LogP contribution in [0, 0.1) is 0 Å². The minimum atomic E-state index is 0. The maximum atomic E-state index is 4.09. The Labute approximate surface area is 164 Å². The van der Waals surface area contributed by atoms with Crippen LogP contribution in [-0.4, -0.2) is 19.9 Å². The van der Waals surface area contributed by atoms with E-state index in [1.807, 2.05) is 61.1 Å². The minimum absolute atomic E-state index is 0. The first-order valence-corrected chi connectivity index (χ1v) is 8.82. The summed E-state index contributed by atoms with van der Waals surface area (Å²) >= 11 is 0. The molecule has 2 aromatic carbocycles. The Morgan fingerprint density at radius 2 is 1.00 bits per heavy atom. The number of fused-ring (bicyclic) bond motifs is 3. The number of aromatic nitrogens is 4. The Balaban J connectivity index is 0.000000118. The van der Waals surface area contributed by atoms with Crippen molar-refractivity contribution in [3.63, 3.8) is 0 Å². The second-order valence-corrected chi connectivity index (χ2v) is 6.05. The fraction of sp³-hybridized carbons (Fsp3) is 0.0417. The number of hydrogen-bond acceptors (Lipinski definition) is 1. The number of para-hydroxylation sites is 2. The topological polar surface area (TPSA) is 60.3 Å². The molecule has 4 heterocycles. The number of rotatable bonds is 0. The predicted molar refractivity (Wildman–Crippen MR) is 119 cm³/mol. The van der Waals surface area contributed by atoms with Crippen LogP contribution in [0.15, 0.2) is 104 Å². The van der Waals surface area contributed by atoms with E-state index in [-0.39, 0.29) is 7.43 Å². The first-order valence-electron chi connectivity index (χ1n) is 8.82. The predicted octanol–water partition coefficient (Wildman–Crippen LogP) is 6.53. The van der Waals surface area contributed by atoms with Gasteiger partial charge >= 0.3 is 0 Å². The molecule has 28 heavy (non-hydrogen) atoms. The molecule has 0 atom stereocenters. The highest BCUT2D eigenvalue weighted by atomic mass is 14.8. The Kier molecular flexibility index (Phi) is 6.26. The van der Waals surface area contributed by atoms with Gasteiger partial charge in [-0.15, -0.1) is 0 Å². The SMILES string of the molecule is C.c1ccc2[nH]ccc2c1.c1ccc2[nH]ccc2c1.c1cnc2[nH]ccc2c1. The molecule has 4 aromatic heterocycles. The number of nitrogens with zero attached hydrogens (tertiary/aromatic N) is 1. The molecule has 6 aromatic rings. The molecule has 0 aliphatic rings. The van der Waals surface area contributed by atoms with Gasteiger partial charge in [0.25, 0.3) is 0 Å². The standard InChI is InChI=1S/2C8H7N.C7H6N2.CH4/c2*1-2-4-8-7(3-1)5-6-9-8;1-2-6-3-5-9-7(6)8-4-1;/h2*1-6,9H;1-5H,(H,8,9);1H4. The normalized spacial score (nSPS) is 9.86. The summed E-state index contributed by atoms with van der Waals surface area (Å²) in [4.78, 5) is 13.3. The summed E-state index contributed by atoms with van der Waals surface area (Å²) in [6.07, 6.45) is 7.56. The van der Waals surface area contributed by atoms with Crippen molar-refractivity contribution < 1.29 is 0 Å². The zero-order valence-electron chi connectivity index (χ0n) is 14.8. The van der Waals surface area contributed by atoms with Crippen molar-refractivity contribution in [1.82, 2.24) is 19.9 Å². The fourth-order valence-corrected chi connectivity index (χ4v) is 2.87. The van der Waals surface area contributed by atoms with Crippen molar-refractivity contribution in [3.05, 3.63) is 104 Å². The summed E-state index contributed by atoms with van der Waals surface area (Å²) in [5, 5.41) is 3.72. The molecule has 0 saturated carbocycles. The first-order chi connectivity index (χ1) is 13.4. The smallest absolute Gasteiger partial charge is 0.137 e. The Hall–Kier alpha value is -3.79. The van der Waals surface area contributed by atoms with Crippen LogP contribution in [0.1, 0.15) is 7.43 Å². The van der Waals surface area contributed by atoms with Crippen LogP contribution in [-0.2, 0) is 0 Å². The van der Waals surface area contributed by atoms with Crippen molar-refractivity contribution in [1.29, 1.82) is 0 Å². The van der Waals surface area contributed by atoms with Gasteiger partial charge in [0.15, 0.2) is 0 Å². The molecule has 4 heteroatoms. The number of H-pyrrole nitrogens is 3. The molecule has 0 aliphatic carbocycles. The third-order valence-electron chi connectivity index (χ3n) is 4.25. The Morgan fingerprint density at radius 1 is 0.500 bits per heavy atom. The van der Waals surface area contributed by atoms with Gasteiger partial charge in [0, 0.05) is 41.2 Å². The van der Waals surface area contributed by atoms with E-state index in [1.165, 1.54) is 21.8 Å². The highest BCUT2D eigenvalue weighted by Gasteiger charge is 1.89. The lowest BCUT2D eigenvalue weighted by Crippen LogP contribution is -1.70. The zero-order chi connectivity index (χ0) is 18.3. The van der Waals surface area contributed by atoms with Gasteiger partial charge in [-0.1, -0.05) is 43.8 Å². The molecule has 0 bridgehead atoms. The Bertz CT molecular complexity index is 996. The Morgan fingerprint density at radius 3 is 1.57 bits per heavy atom. The van der Waals surface area contributed by atoms with Crippen molar-refractivity contribution in [2.75, 3.05) is 0 Å². The van der Waals surface area contributed by atoms with E-state index in [9.17, 15) is 0 Å². The molecule has 3 N–H and O–H groups in total. The second-order valence-electron chi connectivity index (χ2n) is 6.05. The number of hydrogen-bond donors (Lipinski definition) is 3. The molecule has 0 spiro atoms. The quantitative estimate of drug-likeness (QED) is 0.280. The molecule has 0 aliphatic heterocycles. The third-order valence-corrected chi connectivity index (χ3v) is 4.25. The van der Waals surface area contributed by atoms with Gasteiger partial charge in [0.1, 0.15) is 5.65 Å². The van der Waals surface area contributed by atoms with Crippen LogP contribution in [0.25, 0.3) is 32.8 Å². The first kappa shape index (κ1) is 19.0. The minimum Gasteiger partial charge on any atom is -0.361 e. The highest BCUT2D eigenvalue weighted by molar-refractivity contribution is 5.79. The van der Waals surface area contributed by atoms with E-state index in [1.54, 1.807) is 6.20 Å². The van der Waals surface area contributed by atoms with Gasteiger partial charge in [-0.25, -0.2) is 4.98 Å². The molecule has 4 nitrogen and oxygen atoms in total. The largest absolute Gasteiger partial charge is 0.361 e. The number of aromatic amines is 3. The van der Waals surface area contributed by atoms with Crippen molar-refractivity contribution in [2.24, 2.45) is 0 Å². The van der Waals surface area contributed by atoms with E-state index in [0.717, 1.165) is 11.0 Å². The molecule has 0 unspecified atom stereocenters. The van der Waals surface area contributed by atoms with Gasteiger partial charge in [-0.3, -0.25) is 0 Å². The molecule has 0 saturated heterocycles. The van der Waals surface area contributed by atoms with E-state index >= 15 is 0 Å². The van der Waals surface area contributed by atoms with Crippen LogP contribution in [0.2, 0.25) is 0 Å². The van der Waals surface area contributed by atoms with Crippen LogP contribution in [0.3, 0.4) is 0 Å². The van der Waals surface area contributed by atoms with Gasteiger partial charge in [-0.05, 0) is 53.2 Å². The molecular formula is C24H24N4. The molecular weight excluding hydrogens is 344 g/mol. The van der Waals surface area contributed by atoms with Gasteiger partial charge in [0.2, 0.25) is 0 Å². The average Bonchev–Trinajstić information content (AvgIpc) is 3.48. The molecule has 6 rings (SSSR count). The number of benzene rings is 2. The molecule has 0 radical (unpaired) electrons. The molecule has 0 amide bonds. The highest BCUT2D eigenvalue weighted by Crippen LogP contribution is 2.10. The monoisotopic (exact) mass is 368 g/mol. The lowest BCUT2D eigenvalue weighted by atomic mass is 10.3. The lowest BCUT2D eigenvalue weighted by molar-refractivity contribution is 1.33. The molecule has 140 valence electrons. The van der Waals surface area contributed by atoms with Crippen LogP contribution in [0.4, 0.5) is 0 Å². The summed E-state index contributed by atoms with van der Waals surface area (Å²) < 4.78 is 0. The number of pyridine rings is 1. The van der Waals surface area contributed by atoms with Crippen molar-refractivity contribution in [3.8, 4) is 0 Å². The van der Waals surface area contributed by atoms with Gasteiger partial charge < -0.3 is 15.0 Å². The van der Waals surface area contributed by atoms with Gasteiger partial charge in [0.05, 0.1) is 0 Å². The van der Waals surface area contributed by atoms with Crippen LogP contribution >= 0.6 is 0 Å². The molecule has 0 fully saturated rings. The summed E-state index contributed by atoms with van der Waals surface area (Å²) in [6.45, 7) is 0. The maximum absolute atomic E-state index is 4.09. The van der Waals surface area contributed by atoms with Gasteiger partial charge in [-0.2, -0.15) is 0 Å². The van der Waals surface area contributed by atoms with Crippen LogP contribution in [0.5, 0.6) is 0 Å². The maximum Gasteiger partial charge on any atom is 0.137 e. The fourth-order valence-electron chi connectivity index (χ4n) is 2.87. The van der Waals surface area contributed by atoms with Crippen LogP contribution < -0.4 is 0 Å². The van der Waals surface area contributed by atoms with E-state index in [0.29, 0.717) is 0 Å². The zero-order valence-corrected chi connectivity index (χ0v) is 14.8. The van der Waals surface area contributed by atoms with Crippen molar-refractivity contribution in [2.45, 2.75) is 7.43 Å². The van der Waals surface area contributed by atoms with E-state index in [2.05, 4.69) is 56.3 Å². The third kappa shape index (κ3) is 4.48. The summed E-state index contributed by atoms with van der Waals surface area (Å²) in [5.74, 6) is 0.